The van der Waals surface area contributed by atoms with Crippen LogP contribution in [0.15, 0.2) is 11.4 Å². The van der Waals surface area contributed by atoms with Crippen LogP contribution in [0.3, 0.4) is 0 Å². The van der Waals surface area contributed by atoms with Gasteiger partial charge in [-0.25, -0.2) is 0 Å². The molecule has 1 saturated heterocycles. The molecule has 1 atom stereocenters. The quantitative estimate of drug-likeness (QED) is 0.773. The van der Waals surface area contributed by atoms with Crippen LogP contribution in [-0.2, 0) is 4.79 Å². The molecule has 4 N–H and O–H groups in total. The molecule has 0 spiro atoms. The Balaban J connectivity index is 2.18. The molecular weight excluding hydrogens is 274 g/mol. The van der Waals surface area contributed by atoms with Gasteiger partial charge in [0.05, 0.1) is 12.0 Å². The van der Waals surface area contributed by atoms with Crippen molar-refractivity contribution in [1.29, 1.82) is 0 Å². The van der Waals surface area contributed by atoms with Crippen molar-refractivity contribution in [3.8, 4) is 11.8 Å². The largest absolute Gasteiger partial charge is 0.369 e. The number of likely N-dealkylation sites (tertiary alicyclic amines) is 1. The Hall–Kier alpha value is -1.84. The number of hydrogen-bond donors (Lipinski definition) is 2. The Morgan fingerprint density at radius 3 is 2.90 bits per heavy atom. The summed E-state index contributed by atoms with van der Waals surface area (Å²) < 4.78 is 0. The molecule has 1 aromatic heterocycles. The molecule has 106 valence electrons. The molecule has 0 radical (unpaired) electrons. The van der Waals surface area contributed by atoms with Crippen molar-refractivity contribution in [3.05, 3.63) is 21.9 Å². The van der Waals surface area contributed by atoms with Gasteiger partial charge >= 0.3 is 0 Å². The summed E-state index contributed by atoms with van der Waals surface area (Å²) in [7, 11) is 0. The van der Waals surface area contributed by atoms with Gasteiger partial charge in [0.25, 0.3) is 5.91 Å². The van der Waals surface area contributed by atoms with Crippen LogP contribution in [0, 0.1) is 17.3 Å². The summed E-state index contributed by atoms with van der Waals surface area (Å²) in [6, 6.07) is 1.81. The lowest BCUT2D eigenvalue weighted by Gasteiger charge is -2.20. The molecule has 1 aliphatic heterocycles. The molecule has 2 heterocycles. The van der Waals surface area contributed by atoms with Crippen molar-refractivity contribution in [2.24, 2.45) is 16.9 Å². The minimum atomic E-state index is -0.629. The van der Waals surface area contributed by atoms with Crippen molar-refractivity contribution in [2.45, 2.75) is 13.3 Å². The maximum absolute atomic E-state index is 12.5. The van der Waals surface area contributed by atoms with Gasteiger partial charge < -0.3 is 16.4 Å². The molecular formula is C14H17N3O2S. The summed E-state index contributed by atoms with van der Waals surface area (Å²) in [4.78, 5) is 26.2. The number of primary amides is 1. The maximum atomic E-state index is 12.5. The first-order valence-corrected chi connectivity index (χ1v) is 7.21. The van der Waals surface area contributed by atoms with Crippen LogP contribution in [0.2, 0.25) is 0 Å². The van der Waals surface area contributed by atoms with E-state index in [2.05, 4.69) is 11.8 Å². The minimum Gasteiger partial charge on any atom is -0.369 e. The fraction of sp³-hybridized carbons (Fsp3) is 0.429. The number of amides is 2. The zero-order chi connectivity index (χ0) is 14.8. The van der Waals surface area contributed by atoms with Gasteiger partial charge in [-0.3, -0.25) is 9.59 Å². The standard InChI is InChI=1S/C14H17N3O2S/c1-14(13(16)19)5-7-17(9-14)12(18)11-10(3-2-6-15)4-8-20-11/h4,8H,5-7,9,15H2,1H3,(H2,16,19). The van der Waals surface area contributed by atoms with E-state index in [1.807, 2.05) is 11.4 Å². The van der Waals surface area contributed by atoms with Gasteiger partial charge in [0.2, 0.25) is 5.91 Å². The minimum absolute atomic E-state index is 0.0914. The molecule has 5 nitrogen and oxygen atoms in total. The fourth-order valence-electron chi connectivity index (χ4n) is 2.20. The third-order valence-corrected chi connectivity index (χ3v) is 4.44. The lowest BCUT2D eigenvalue weighted by Crippen LogP contribution is -2.38. The second kappa shape index (κ2) is 5.65. The van der Waals surface area contributed by atoms with Gasteiger partial charge in [-0.1, -0.05) is 11.8 Å². The van der Waals surface area contributed by atoms with Crippen LogP contribution < -0.4 is 11.5 Å². The van der Waals surface area contributed by atoms with Crippen molar-refractivity contribution in [1.82, 2.24) is 4.90 Å². The Bertz CT molecular complexity index is 599. The Kier molecular flexibility index (Phi) is 4.12. The van der Waals surface area contributed by atoms with E-state index in [1.54, 1.807) is 11.8 Å². The van der Waals surface area contributed by atoms with Gasteiger partial charge in [0.15, 0.2) is 0 Å². The van der Waals surface area contributed by atoms with Crippen LogP contribution >= 0.6 is 11.3 Å². The lowest BCUT2D eigenvalue weighted by atomic mass is 9.89. The predicted molar refractivity (Wildman–Crippen MR) is 78.1 cm³/mol. The number of thiophene rings is 1. The summed E-state index contributed by atoms with van der Waals surface area (Å²) in [6.07, 6.45) is 0.600. The lowest BCUT2D eigenvalue weighted by molar-refractivity contribution is -0.126. The summed E-state index contributed by atoms with van der Waals surface area (Å²) in [5.41, 5.74) is 10.8. The van der Waals surface area contributed by atoms with E-state index in [0.29, 0.717) is 30.0 Å². The average molecular weight is 291 g/mol. The van der Waals surface area contributed by atoms with Gasteiger partial charge in [-0.05, 0) is 24.8 Å². The number of nitrogens with zero attached hydrogens (tertiary/aromatic N) is 1. The topological polar surface area (TPSA) is 89.4 Å². The first kappa shape index (κ1) is 14.6. The Morgan fingerprint density at radius 2 is 2.30 bits per heavy atom. The number of nitrogens with two attached hydrogens (primary N) is 2. The first-order valence-electron chi connectivity index (χ1n) is 6.33. The van der Waals surface area contributed by atoms with Crippen molar-refractivity contribution in [2.75, 3.05) is 19.6 Å². The van der Waals surface area contributed by atoms with E-state index in [1.165, 1.54) is 11.3 Å². The Morgan fingerprint density at radius 1 is 1.55 bits per heavy atom. The van der Waals surface area contributed by atoms with Crippen LogP contribution in [-0.4, -0.2) is 36.3 Å². The van der Waals surface area contributed by atoms with Crippen LogP contribution in [0.1, 0.15) is 28.6 Å². The molecule has 1 aliphatic rings. The molecule has 2 rings (SSSR count). The highest BCUT2D eigenvalue weighted by atomic mass is 32.1. The molecule has 0 aromatic carbocycles. The summed E-state index contributed by atoms with van der Waals surface area (Å²) in [6.45, 7) is 2.96. The number of carbonyl (C=O) groups is 2. The van der Waals surface area contributed by atoms with Gasteiger partial charge in [0.1, 0.15) is 4.88 Å². The molecule has 2 amide bonds. The van der Waals surface area contributed by atoms with E-state index in [4.69, 9.17) is 11.5 Å². The number of carbonyl (C=O) groups excluding carboxylic acids is 2. The highest BCUT2D eigenvalue weighted by molar-refractivity contribution is 7.12. The smallest absolute Gasteiger partial charge is 0.265 e. The molecule has 0 saturated carbocycles. The van der Waals surface area contributed by atoms with Crippen LogP contribution in [0.4, 0.5) is 0 Å². The summed E-state index contributed by atoms with van der Waals surface area (Å²) in [5, 5.41) is 1.83. The zero-order valence-electron chi connectivity index (χ0n) is 11.3. The number of hydrogen-bond acceptors (Lipinski definition) is 4. The first-order chi connectivity index (χ1) is 9.48. The number of rotatable bonds is 2. The highest BCUT2D eigenvalue weighted by Gasteiger charge is 2.41. The molecule has 1 unspecified atom stereocenters. The Labute approximate surface area is 121 Å². The van der Waals surface area contributed by atoms with Crippen LogP contribution in [0.25, 0.3) is 0 Å². The van der Waals surface area contributed by atoms with Gasteiger partial charge in [-0.15, -0.1) is 11.3 Å². The zero-order valence-corrected chi connectivity index (χ0v) is 12.1. The van der Waals surface area contributed by atoms with Crippen molar-refractivity contribution < 1.29 is 9.59 Å². The SMILES string of the molecule is CC1(C(N)=O)CCN(C(=O)c2sccc2C#CCN)C1. The predicted octanol–water partition coefficient (Wildman–Crippen LogP) is 0.396. The summed E-state index contributed by atoms with van der Waals surface area (Å²) >= 11 is 1.35. The molecule has 6 heteroatoms. The maximum Gasteiger partial charge on any atom is 0.265 e. The van der Waals surface area contributed by atoms with Crippen molar-refractivity contribution in [3.63, 3.8) is 0 Å². The molecule has 1 fully saturated rings. The van der Waals surface area contributed by atoms with E-state index >= 15 is 0 Å². The average Bonchev–Trinajstić information content (AvgIpc) is 3.03. The normalized spacial score (nSPS) is 21.4. The van der Waals surface area contributed by atoms with E-state index in [-0.39, 0.29) is 18.4 Å². The van der Waals surface area contributed by atoms with Crippen molar-refractivity contribution >= 4 is 23.2 Å². The molecule has 0 aliphatic carbocycles. The van der Waals surface area contributed by atoms with E-state index in [0.717, 1.165) is 0 Å². The van der Waals surface area contributed by atoms with Crippen LogP contribution in [0.5, 0.6) is 0 Å². The monoisotopic (exact) mass is 291 g/mol. The molecule has 1 aromatic rings. The molecule has 0 bridgehead atoms. The second-order valence-corrected chi connectivity index (χ2v) is 5.99. The van der Waals surface area contributed by atoms with E-state index < -0.39 is 5.41 Å². The van der Waals surface area contributed by atoms with Gasteiger partial charge in [-0.2, -0.15) is 0 Å². The third kappa shape index (κ3) is 2.69. The third-order valence-electron chi connectivity index (χ3n) is 3.54. The second-order valence-electron chi connectivity index (χ2n) is 5.07. The van der Waals surface area contributed by atoms with E-state index in [9.17, 15) is 9.59 Å². The highest BCUT2D eigenvalue weighted by Crippen LogP contribution is 2.31. The van der Waals surface area contributed by atoms with Gasteiger partial charge in [0, 0.05) is 18.7 Å². The fourth-order valence-corrected chi connectivity index (χ4v) is 3.01. The molecule has 20 heavy (non-hydrogen) atoms. The summed E-state index contributed by atoms with van der Waals surface area (Å²) in [5.74, 6) is 5.20.